The van der Waals surface area contributed by atoms with E-state index in [1.807, 2.05) is 0 Å². The van der Waals surface area contributed by atoms with Gasteiger partial charge in [0.2, 0.25) is 0 Å². The fourth-order valence-electron chi connectivity index (χ4n) is 1.12. The highest BCUT2D eigenvalue weighted by molar-refractivity contribution is 7.13. The molecule has 0 fully saturated rings. The zero-order chi connectivity index (χ0) is 12.1. The van der Waals surface area contributed by atoms with E-state index in [1.165, 1.54) is 12.1 Å². The first-order chi connectivity index (χ1) is 7.56. The Balaban J connectivity index is 3.06. The van der Waals surface area contributed by atoms with Gasteiger partial charge in [-0.1, -0.05) is 15.9 Å². The van der Waals surface area contributed by atoms with Crippen LogP contribution < -0.4 is 0 Å². The molecule has 1 rings (SSSR count). The number of hydrogen-bond acceptors (Lipinski definition) is 4. The summed E-state index contributed by atoms with van der Waals surface area (Å²) in [6.45, 7) is 0. The van der Waals surface area contributed by atoms with Gasteiger partial charge in [0, 0.05) is 6.07 Å². The van der Waals surface area contributed by atoms with Crippen LogP contribution in [0.3, 0.4) is 0 Å². The summed E-state index contributed by atoms with van der Waals surface area (Å²) in [5, 5.41) is 19.4. The summed E-state index contributed by atoms with van der Waals surface area (Å²) in [4.78, 5) is 32.0. The lowest BCUT2D eigenvalue weighted by atomic mass is 10.2. The highest BCUT2D eigenvalue weighted by Crippen LogP contribution is 2.21. The summed E-state index contributed by atoms with van der Waals surface area (Å²) < 4.78 is 0.779. The molecule has 0 bridgehead atoms. The molecule has 0 aliphatic heterocycles. The minimum atomic E-state index is -1.44. The normalized spacial score (nSPS) is 11.5. The number of hydrogen-bond donors (Lipinski definition) is 2. The topological polar surface area (TPSA) is 94.7 Å². The second-order valence-electron chi connectivity index (χ2n) is 2.86. The summed E-state index contributed by atoms with van der Waals surface area (Å²) in [6, 6.07) is 1.71. The fourth-order valence-corrected chi connectivity index (χ4v) is 1.86. The second kappa shape index (κ2) is 5.20. The molecule has 0 spiro atoms. The zero-order valence-electron chi connectivity index (χ0n) is 7.99. The third kappa shape index (κ3) is 2.75. The predicted octanol–water partition coefficient (Wildman–Crippen LogP) is 0.656. The van der Waals surface area contributed by atoms with Crippen LogP contribution in [0.1, 0.15) is 6.42 Å². The number of carboxylic acid groups (broad SMARTS) is 2. The van der Waals surface area contributed by atoms with E-state index in [0.717, 1.165) is 15.9 Å². The van der Waals surface area contributed by atoms with E-state index in [0.29, 0.717) is 5.00 Å². The van der Waals surface area contributed by atoms with Crippen LogP contribution in [-0.2, 0) is 14.4 Å². The van der Waals surface area contributed by atoms with E-state index in [2.05, 4.69) is 0 Å². The monoisotopic (exact) mass is 242 g/mol. The Labute approximate surface area is 94.1 Å². The van der Waals surface area contributed by atoms with E-state index >= 15 is 0 Å². The molecule has 0 aliphatic rings. The average Bonchev–Trinajstić information content (AvgIpc) is 2.70. The maximum Gasteiger partial charge on any atom is 0.432 e. The van der Waals surface area contributed by atoms with Crippen LogP contribution >= 0.6 is 11.3 Å². The molecule has 0 saturated heterocycles. The quantitative estimate of drug-likeness (QED) is 0.449. The van der Waals surface area contributed by atoms with Gasteiger partial charge in [-0.25, -0.2) is 4.79 Å². The summed E-state index contributed by atoms with van der Waals surface area (Å²) in [5.74, 6) is -2.66. The Morgan fingerprint density at radius 3 is 2.56 bits per heavy atom. The molecule has 0 radical (unpaired) electrons. The molecule has 16 heavy (non-hydrogen) atoms. The van der Waals surface area contributed by atoms with Crippen molar-refractivity contribution < 1.29 is 29.2 Å². The molecule has 0 saturated carbocycles. The van der Waals surface area contributed by atoms with E-state index in [4.69, 9.17) is 10.2 Å². The molecular formula is C9H8NO5S+. The molecule has 1 aromatic heterocycles. The van der Waals surface area contributed by atoms with Crippen molar-refractivity contribution in [3.8, 4) is 0 Å². The van der Waals surface area contributed by atoms with Crippen molar-refractivity contribution in [2.24, 2.45) is 0 Å². The minimum absolute atomic E-state index is 0.351. The third-order valence-electron chi connectivity index (χ3n) is 1.81. The summed E-state index contributed by atoms with van der Waals surface area (Å²) in [5.41, 5.74) is 0. The molecule has 2 N–H and O–H groups in total. The molecule has 1 heterocycles. The van der Waals surface area contributed by atoms with Gasteiger partial charge < -0.3 is 10.2 Å². The Morgan fingerprint density at radius 1 is 1.50 bits per heavy atom. The maximum absolute atomic E-state index is 10.9. The highest BCUT2D eigenvalue weighted by Gasteiger charge is 2.35. The van der Waals surface area contributed by atoms with Crippen molar-refractivity contribution in [2.45, 2.75) is 12.5 Å². The Kier molecular flexibility index (Phi) is 3.93. The molecular weight excluding hydrogens is 234 g/mol. The van der Waals surface area contributed by atoms with E-state index < -0.39 is 24.4 Å². The molecule has 1 aromatic rings. The van der Waals surface area contributed by atoms with Gasteiger partial charge >= 0.3 is 18.0 Å². The fraction of sp³-hybridized carbons (Fsp3) is 0.222. The lowest BCUT2D eigenvalue weighted by Gasteiger charge is -2.03. The SMILES string of the molecule is O=C=[N+](c1cccs1)[C@@H](CC(=O)O)C(=O)O. The molecule has 0 unspecified atom stereocenters. The minimum Gasteiger partial charge on any atom is -0.481 e. The summed E-state index contributed by atoms with van der Waals surface area (Å²) >= 11 is 1.14. The van der Waals surface area contributed by atoms with Crippen molar-refractivity contribution in [1.82, 2.24) is 0 Å². The van der Waals surface area contributed by atoms with E-state index in [-0.39, 0.29) is 0 Å². The molecule has 0 amide bonds. The second-order valence-corrected chi connectivity index (χ2v) is 3.79. The van der Waals surface area contributed by atoms with Crippen molar-refractivity contribution in [3.63, 3.8) is 0 Å². The Hall–Kier alpha value is -1.98. The van der Waals surface area contributed by atoms with Crippen LogP contribution in [0.25, 0.3) is 0 Å². The number of thiophene rings is 1. The molecule has 0 aliphatic carbocycles. The molecule has 1 atom stereocenters. The largest absolute Gasteiger partial charge is 0.481 e. The number of carbonyl (C=O) groups is 2. The molecule has 6 nitrogen and oxygen atoms in total. The standard InChI is InChI=1S/C9H7NO5S/c11-5-10(7-2-1-3-16-7)6(9(14)15)4-8(12)13/h1-3,6H,4H2,(H-,12,13,14,15)/p+1/t6-/m0/s1. The summed E-state index contributed by atoms with van der Waals surface area (Å²) in [7, 11) is 0. The van der Waals surface area contributed by atoms with Gasteiger partial charge in [-0.2, -0.15) is 4.79 Å². The van der Waals surface area contributed by atoms with Crippen LogP contribution in [0, 0.1) is 0 Å². The lowest BCUT2D eigenvalue weighted by molar-refractivity contribution is -0.465. The van der Waals surface area contributed by atoms with Gasteiger partial charge in [-0.05, 0) is 11.4 Å². The first-order valence-corrected chi connectivity index (χ1v) is 5.09. The molecule has 84 valence electrons. The van der Waals surface area contributed by atoms with Gasteiger partial charge in [0.15, 0.2) is 0 Å². The van der Waals surface area contributed by atoms with Crippen molar-refractivity contribution in [3.05, 3.63) is 17.5 Å². The average molecular weight is 242 g/mol. The van der Waals surface area contributed by atoms with Crippen LogP contribution in [-0.4, -0.2) is 38.8 Å². The van der Waals surface area contributed by atoms with Crippen LogP contribution in [0.4, 0.5) is 5.00 Å². The van der Waals surface area contributed by atoms with Gasteiger partial charge in [0.1, 0.15) is 6.42 Å². The van der Waals surface area contributed by atoms with Gasteiger partial charge in [0.05, 0.1) is 0 Å². The van der Waals surface area contributed by atoms with E-state index in [1.54, 1.807) is 11.4 Å². The first kappa shape index (κ1) is 12.1. The first-order valence-electron chi connectivity index (χ1n) is 4.21. The Bertz CT molecular complexity index is 446. The lowest BCUT2D eigenvalue weighted by Crippen LogP contribution is -2.33. The molecule has 7 heteroatoms. The van der Waals surface area contributed by atoms with Crippen molar-refractivity contribution in [2.75, 3.05) is 0 Å². The number of carbonyl (C=O) groups excluding carboxylic acids is 1. The number of isocyanates is 1. The smallest absolute Gasteiger partial charge is 0.432 e. The summed E-state index contributed by atoms with van der Waals surface area (Å²) in [6.07, 6.45) is 0.777. The van der Waals surface area contributed by atoms with Crippen LogP contribution in [0.2, 0.25) is 0 Å². The predicted molar refractivity (Wildman–Crippen MR) is 53.6 cm³/mol. The third-order valence-corrected chi connectivity index (χ3v) is 2.67. The van der Waals surface area contributed by atoms with Crippen molar-refractivity contribution >= 4 is 34.4 Å². The number of nitrogens with zero attached hydrogens (tertiary/aromatic N) is 1. The van der Waals surface area contributed by atoms with Crippen LogP contribution in [0.15, 0.2) is 17.5 Å². The van der Waals surface area contributed by atoms with Gasteiger partial charge in [-0.15, -0.1) is 0 Å². The zero-order valence-corrected chi connectivity index (χ0v) is 8.81. The van der Waals surface area contributed by atoms with E-state index in [9.17, 15) is 14.4 Å². The number of rotatable bonds is 5. The number of aliphatic carboxylic acids is 2. The van der Waals surface area contributed by atoms with Gasteiger partial charge in [0.25, 0.3) is 11.0 Å². The maximum atomic E-state index is 10.9. The Morgan fingerprint density at radius 2 is 2.19 bits per heavy atom. The van der Waals surface area contributed by atoms with Crippen molar-refractivity contribution in [1.29, 1.82) is 0 Å². The van der Waals surface area contributed by atoms with Crippen LogP contribution in [0.5, 0.6) is 0 Å². The van der Waals surface area contributed by atoms with Gasteiger partial charge in [-0.3, -0.25) is 4.79 Å². The highest BCUT2D eigenvalue weighted by atomic mass is 32.1. The number of carboxylic acids is 2. The molecule has 0 aromatic carbocycles.